The molecule has 0 unspecified atom stereocenters. The third-order valence-corrected chi connectivity index (χ3v) is 5.46. The number of sulfonamides is 1. The zero-order chi connectivity index (χ0) is 18.4. The fraction of sp³-hybridized carbons (Fsp3) is 0.235. The number of hydrogen-bond acceptors (Lipinski definition) is 3. The van der Waals surface area contributed by atoms with Gasteiger partial charge in [0.15, 0.2) is 0 Å². The van der Waals surface area contributed by atoms with Crippen molar-refractivity contribution in [3.8, 4) is 0 Å². The number of anilines is 1. The third kappa shape index (κ3) is 5.35. The maximum Gasteiger partial charge on any atom is 0.240 e. The van der Waals surface area contributed by atoms with E-state index in [1.807, 2.05) is 6.92 Å². The van der Waals surface area contributed by atoms with Crippen molar-refractivity contribution in [3.63, 3.8) is 0 Å². The van der Waals surface area contributed by atoms with Crippen LogP contribution in [0.5, 0.6) is 0 Å². The Labute approximate surface area is 154 Å². The van der Waals surface area contributed by atoms with Crippen LogP contribution in [-0.4, -0.2) is 20.9 Å². The monoisotopic (exact) mass is 428 g/mol. The standard InChI is InChI=1S/C17H18BrFN2O3S/c1-2-10-20-25(23,24)14-8-6-13(7-9-14)21-16(22)11-12-4-3-5-15(18)17(12)19/h3-9,20H,2,10-11H2,1H3,(H,21,22). The lowest BCUT2D eigenvalue weighted by molar-refractivity contribution is -0.115. The molecule has 5 nitrogen and oxygen atoms in total. The summed E-state index contributed by atoms with van der Waals surface area (Å²) in [6.45, 7) is 2.23. The second-order valence-corrected chi connectivity index (χ2v) is 7.98. The van der Waals surface area contributed by atoms with Gasteiger partial charge in [0.25, 0.3) is 0 Å². The normalized spacial score (nSPS) is 11.3. The summed E-state index contributed by atoms with van der Waals surface area (Å²) in [4.78, 5) is 12.2. The zero-order valence-electron chi connectivity index (χ0n) is 13.6. The summed E-state index contributed by atoms with van der Waals surface area (Å²) in [7, 11) is -3.54. The minimum Gasteiger partial charge on any atom is -0.326 e. The molecule has 0 heterocycles. The summed E-state index contributed by atoms with van der Waals surface area (Å²) in [5, 5.41) is 2.62. The molecule has 2 aromatic rings. The fourth-order valence-corrected chi connectivity index (χ4v) is 3.64. The largest absolute Gasteiger partial charge is 0.326 e. The van der Waals surface area contributed by atoms with E-state index >= 15 is 0 Å². The van der Waals surface area contributed by atoms with Gasteiger partial charge in [0.2, 0.25) is 15.9 Å². The lowest BCUT2D eigenvalue weighted by atomic mass is 10.1. The summed E-state index contributed by atoms with van der Waals surface area (Å²) in [5.74, 6) is -0.863. The molecule has 0 bridgehead atoms. The molecule has 0 aliphatic heterocycles. The molecule has 0 aliphatic carbocycles. The molecule has 8 heteroatoms. The molecule has 0 fully saturated rings. The molecule has 0 spiro atoms. The van der Waals surface area contributed by atoms with Crippen LogP contribution in [0.4, 0.5) is 10.1 Å². The maximum absolute atomic E-state index is 13.9. The van der Waals surface area contributed by atoms with Gasteiger partial charge in [-0.15, -0.1) is 0 Å². The molecular weight excluding hydrogens is 411 g/mol. The molecule has 0 saturated carbocycles. The van der Waals surface area contributed by atoms with Crippen molar-refractivity contribution in [3.05, 3.63) is 58.3 Å². The van der Waals surface area contributed by atoms with Crippen molar-refractivity contribution in [1.82, 2.24) is 4.72 Å². The SMILES string of the molecule is CCCNS(=O)(=O)c1ccc(NC(=O)Cc2cccc(Br)c2F)cc1. The molecule has 0 aromatic heterocycles. The van der Waals surface area contributed by atoms with Gasteiger partial charge in [0, 0.05) is 12.2 Å². The van der Waals surface area contributed by atoms with Crippen molar-refractivity contribution >= 4 is 37.5 Å². The molecule has 2 N–H and O–H groups in total. The average molecular weight is 429 g/mol. The Bertz CT molecular complexity index is 855. The predicted octanol–water partition coefficient (Wildman–Crippen LogP) is 3.46. The van der Waals surface area contributed by atoms with Crippen molar-refractivity contribution < 1.29 is 17.6 Å². The summed E-state index contributed by atoms with van der Waals surface area (Å²) in [6, 6.07) is 10.6. The zero-order valence-corrected chi connectivity index (χ0v) is 16.0. The van der Waals surface area contributed by atoms with E-state index < -0.39 is 21.7 Å². The smallest absolute Gasteiger partial charge is 0.240 e. The third-order valence-electron chi connectivity index (χ3n) is 3.37. The van der Waals surface area contributed by atoms with Crippen molar-refractivity contribution in [1.29, 1.82) is 0 Å². The minimum atomic E-state index is -3.54. The number of benzene rings is 2. The van der Waals surface area contributed by atoms with E-state index in [2.05, 4.69) is 26.0 Å². The van der Waals surface area contributed by atoms with Crippen LogP contribution < -0.4 is 10.0 Å². The molecular formula is C17H18BrFN2O3S. The Morgan fingerprint density at radius 3 is 2.48 bits per heavy atom. The quantitative estimate of drug-likeness (QED) is 0.708. The van der Waals surface area contributed by atoms with Crippen molar-refractivity contribution in [2.45, 2.75) is 24.7 Å². The van der Waals surface area contributed by atoms with E-state index in [0.29, 0.717) is 23.1 Å². The van der Waals surface area contributed by atoms with Gasteiger partial charge in [0.05, 0.1) is 15.8 Å². The molecule has 134 valence electrons. The molecule has 0 saturated heterocycles. The Morgan fingerprint density at radius 1 is 1.16 bits per heavy atom. The number of amides is 1. The van der Waals surface area contributed by atoms with Crippen molar-refractivity contribution in [2.75, 3.05) is 11.9 Å². The lowest BCUT2D eigenvalue weighted by Crippen LogP contribution is -2.24. The summed E-state index contributed by atoms with van der Waals surface area (Å²) in [6.07, 6.45) is 0.572. The Balaban J connectivity index is 2.03. The molecule has 0 aliphatic rings. The van der Waals surface area contributed by atoms with E-state index in [-0.39, 0.29) is 16.9 Å². The van der Waals surface area contributed by atoms with E-state index in [0.717, 1.165) is 0 Å². The van der Waals surface area contributed by atoms with Crippen LogP contribution in [0.1, 0.15) is 18.9 Å². The van der Waals surface area contributed by atoms with E-state index in [1.165, 1.54) is 30.3 Å². The number of carbonyl (C=O) groups excluding carboxylic acids is 1. The van der Waals surface area contributed by atoms with Gasteiger partial charge in [0.1, 0.15) is 5.82 Å². The van der Waals surface area contributed by atoms with Gasteiger partial charge in [-0.3, -0.25) is 4.79 Å². The van der Waals surface area contributed by atoms with Gasteiger partial charge >= 0.3 is 0 Å². The highest BCUT2D eigenvalue weighted by Crippen LogP contribution is 2.20. The topological polar surface area (TPSA) is 75.3 Å². The second-order valence-electron chi connectivity index (χ2n) is 5.36. The number of halogens is 2. The second kappa shape index (κ2) is 8.55. The van der Waals surface area contributed by atoms with Gasteiger partial charge in [-0.1, -0.05) is 19.1 Å². The van der Waals surface area contributed by atoms with Gasteiger partial charge in [-0.25, -0.2) is 17.5 Å². The highest BCUT2D eigenvalue weighted by Gasteiger charge is 2.14. The highest BCUT2D eigenvalue weighted by atomic mass is 79.9. The van der Waals surface area contributed by atoms with E-state index in [9.17, 15) is 17.6 Å². The van der Waals surface area contributed by atoms with Crippen LogP contribution in [0.25, 0.3) is 0 Å². The first-order valence-electron chi connectivity index (χ1n) is 7.66. The number of rotatable bonds is 7. The first-order valence-corrected chi connectivity index (χ1v) is 9.93. The van der Waals surface area contributed by atoms with Crippen LogP contribution in [-0.2, 0) is 21.2 Å². The van der Waals surface area contributed by atoms with E-state index in [4.69, 9.17) is 0 Å². The Morgan fingerprint density at radius 2 is 1.84 bits per heavy atom. The van der Waals surface area contributed by atoms with E-state index in [1.54, 1.807) is 12.1 Å². The maximum atomic E-state index is 13.9. The molecule has 0 atom stereocenters. The molecule has 1 amide bonds. The summed E-state index contributed by atoms with van der Waals surface area (Å²) < 4.78 is 40.6. The molecule has 2 aromatic carbocycles. The molecule has 2 rings (SSSR count). The molecule has 25 heavy (non-hydrogen) atoms. The Hall–Kier alpha value is -1.77. The minimum absolute atomic E-state index is 0.122. The first-order chi connectivity index (χ1) is 11.8. The highest BCUT2D eigenvalue weighted by molar-refractivity contribution is 9.10. The lowest BCUT2D eigenvalue weighted by Gasteiger charge is -2.09. The number of nitrogens with one attached hydrogen (secondary N) is 2. The summed E-state index contributed by atoms with van der Waals surface area (Å²) >= 11 is 3.08. The van der Waals surface area contributed by atoms with Gasteiger partial charge in [-0.05, 0) is 58.2 Å². The Kier molecular flexibility index (Phi) is 6.69. The predicted molar refractivity (Wildman–Crippen MR) is 98.4 cm³/mol. The van der Waals surface area contributed by atoms with Crippen LogP contribution in [0.15, 0.2) is 51.8 Å². The van der Waals surface area contributed by atoms with Gasteiger partial charge in [-0.2, -0.15) is 0 Å². The van der Waals surface area contributed by atoms with Crippen LogP contribution in [0.3, 0.4) is 0 Å². The van der Waals surface area contributed by atoms with Crippen LogP contribution in [0.2, 0.25) is 0 Å². The van der Waals surface area contributed by atoms with Crippen molar-refractivity contribution in [2.24, 2.45) is 0 Å². The number of carbonyl (C=O) groups is 1. The number of hydrogen-bond donors (Lipinski definition) is 2. The van der Waals surface area contributed by atoms with Gasteiger partial charge < -0.3 is 5.32 Å². The van der Waals surface area contributed by atoms with Crippen LogP contribution in [0, 0.1) is 5.82 Å². The first kappa shape index (κ1) is 19.6. The summed E-state index contributed by atoms with van der Waals surface area (Å²) in [5.41, 5.74) is 0.713. The van der Waals surface area contributed by atoms with Crippen LogP contribution >= 0.6 is 15.9 Å². The fourth-order valence-electron chi connectivity index (χ4n) is 2.10. The molecule has 0 radical (unpaired) electrons. The average Bonchev–Trinajstić information content (AvgIpc) is 2.58.